The number of amides is 1. The van der Waals surface area contributed by atoms with Crippen molar-refractivity contribution in [3.05, 3.63) is 59.0 Å². The van der Waals surface area contributed by atoms with Crippen LogP contribution in [0, 0.1) is 19.8 Å². The van der Waals surface area contributed by atoms with Gasteiger partial charge in [-0.3, -0.25) is 4.79 Å². The van der Waals surface area contributed by atoms with Gasteiger partial charge in [0.25, 0.3) is 0 Å². The van der Waals surface area contributed by atoms with Crippen molar-refractivity contribution < 1.29 is 9.53 Å². The van der Waals surface area contributed by atoms with Gasteiger partial charge < -0.3 is 15.0 Å². The Bertz CT molecular complexity index is 1300. The van der Waals surface area contributed by atoms with Crippen molar-refractivity contribution >= 4 is 33.3 Å². The molecule has 5 rings (SSSR count). The molecule has 1 N–H and O–H groups in total. The van der Waals surface area contributed by atoms with E-state index in [0.29, 0.717) is 6.54 Å². The fourth-order valence-corrected chi connectivity index (χ4v) is 5.41. The Kier molecular flexibility index (Phi) is 6.19. The summed E-state index contributed by atoms with van der Waals surface area (Å²) < 4.78 is 7.01. The minimum Gasteiger partial charge on any atom is -0.497 e. The Balaban J connectivity index is 1.17. The highest BCUT2D eigenvalue weighted by Crippen LogP contribution is 2.35. The quantitative estimate of drug-likeness (QED) is 0.452. The Labute approximate surface area is 202 Å². The number of hydrogen-bond acceptors (Lipinski definition) is 7. The van der Waals surface area contributed by atoms with Crippen LogP contribution in [-0.4, -0.2) is 45.9 Å². The van der Waals surface area contributed by atoms with Crippen LogP contribution in [0.4, 0.5) is 5.82 Å². The molecule has 1 fully saturated rings. The molecule has 0 unspecified atom stereocenters. The fraction of sp³-hybridized carbons (Fsp3) is 0.360. The van der Waals surface area contributed by atoms with E-state index < -0.39 is 0 Å². The minimum atomic E-state index is 0.00237. The van der Waals surface area contributed by atoms with Gasteiger partial charge >= 0.3 is 0 Å². The number of benzene rings is 1. The zero-order valence-corrected chi connectivity index (χ0v) is 20.4. The van der Waals surface area contributed by atoms with Crippen molar-refractivity contribution in [2.75, 3.05) is 25.1 Å². The molecule has 1 amide bonds. The number of nitrogens with zero attached hydrogens (tertiary/aromatic N) is 5. The number of aryl methyl sites for hydroxylation is 2. The first-order valence-corrected chi connectivity index (χ1v) is 12.3. The predicted octanol–water partition coefficient (Wildman–Crippen LogP) is 4.04. The second-order valence-electron chi connectivity index (χ2n) is 8.59. The molecule has 3 aromatic heterocycles. The lowest BCUT2D eigenvalue weighted by molar-refractivity contribution is -0.125. The average molecular weight is 477 g/mol. The predicted molar refractivity (Wildman–Crippen MR) is 134 cm³/mol. The summed E-state index contributed by atoms with van der Waals surface area (Å²) in [5.41, 5.74) is 3.03. The Morgan fingerprint density at radius 1 is 1.15 bits per heavy atom. The van der Waals surface area contributed by atoms with Crippen LogP contribution in [0.1, 0.15) is 29.0 Å². The number of thiophene rings is 1. The van der Waals surface area contributed by atoms with Crippen LogP contribution >= 0.6 is 11.3 Å². The van der Waals surface area contributed by atoms with Gasteiger partial charge in [-0.15, -0.1) is 11.3 Å². The molecular formula is C25H28N6O2S. The highest BCUT2D eigenvalue weighted by molar-refractivity contribution is 7.18. The van der Waals surface area contributed by atoms with E-state index in [9.17, 15) is 4.79 Å². The topological polar surface area (TPSA) is 85.2 Å². The van der Waals surface area contributed by atoms with Gasteiger partial charge in [0, 0.05) is 30.1 Å². The molecule has 8 nitrogen and oxygen atoms in total. The lowest BCUT2D eigenvalue weighted by Crippen LogP contribution is -2.40. The molecule has 4 aromatic rings. The van der Waals surface area contributed by atoms with E-state index in [0.717, 1.165) is 59.1 Å². The molecule has 0 atom stereocenters. The SMILES string of the molecule is COc1ccc(-n2ccc(CNC(=O)C3CCN(c4ncnc5sc(C)c(C)c45)CC3)n2)cc1. The van der Waals surface area contributed by atoms with E-state index in [2.05, 4.69) is 39.1 Å². The largest absolute Gasteiger partial charge is 0.497 e. The van der Waals surface area contributed by atoms with Gasteiger partial charge in [0.2, 0.25) is 5.91 Å². The Morgan fingerprint density at radius 3 is 2.65 bits per heavy atom. The Hall–Kier alpha value is -3.46. The van der Waals surface area contributed by atoms with Crippen LogP contribution in [0.5, 0.6) is 5.75 Å². The normalized spacial score (nSPS) is 14.5. The number of carbonyl (C=O) groups excluding carboxylic acids is 1. The van der Waals surface area contributed by atoms with Gasteiger partial charge in [-0.1, -0.05) is 0 Å². The minimum absolute atomic E-state index is 0.00237. The molecule has 176 valence electrons. The van der Waals surface area contributed by atoms with E-state index >= 15 is 0 Å². The van der Waals surface area contributed by atoms with Crippen LogP contribution in [-0.2, 0) is 11.3 Å². The molecule has 1 saturated heterocycles. The molecule has 1 aliphatic heterocycles. The summed E-state index contributed by atoms with van der Waals surface area (Å²) in [6, 6.07) is 9.63. The molecule has 0 aliphatic carbocycles. The molecule has 0 saturated carbocycles. The van der Waals surface area contributed by atoms with Gasteiger partial charge in [0.05, 0.1) is 30.4 Å². The van der Waals surface area contributed by atoms with Crippen molar-refractivity contribution in [2.24, 2.45) is 5.92 Å². The van der Waals surface area contributed by atoms with Gasteiger partial charge in [-0.05, 0) is 62.6 Å². The zero-order valence-electron chi connectivity index (χ0n) is 19.6. The van der Waals surface area contributed by atoms with Crippen LogP contribution < -0.4 is 15.0 Å². The summed E-state index contributed by atoms with van der Waals surface area (Å²) in [5.74, 6) is 1.89. The smallest absolute Gasteiger partial charge is 0.223 e. The van der Waals surface area contributed by atoms with Crippen molar-refractivity contribution in [1.82, 2.24) is 25.1 Å². The van der Waals surface area contributed by atoms with Crippen LogP contribution in [0.3, 0.4) is 0 Å². The number of anilines is 1. The standard InChI is InChI=1S/C25H28N6O2S/c1-16-17(2)34-25-22(16)23(27-15-28-25)30-11-8-18(9-12-30)24(32)26-14-19-10-13-31(29-19)20-4-6-21(33-3)7-5-20/h4-7,10,13,15,18H,8-9,11-12,14H2,1-3H3,(H,26,32). The third-order valence-corrected chi connectivity index (χ3v) is 7.65. The molecule has 34 heavy (non-hydrogen) atoms. The zero-order chi connectivity index (χ0) is 23.7. The molecule has 4 heterocycles. The number of carbonyl (C=O) groups is 1. The second kappa shape index (κ2) is 9.42. The molecule has 9 heteroatoms. The number of ether oxygens (including phenoxy) is 1. The number of piperidine rings is 1. The van der Waals surface area contributed by atoms with Crippen molar-refractivity contribution in [3.63, 3.8) is 0 Å². The van der Waals surface area contributed by atoms with E-state index in [1.54, 1.807) is 29.5 Å². The monoisotopic (exact) mass is 476 g/mol. The summed E-state index contributed by atoms with van der Waals surface area (Å²) in [6.45, 7) is 6.30. The van der Waals surface area contributed by atoms with Gasteiger partial charge in [-0.2, -0.15) is 5.10 Å². The maximum Gasteiger partial charge on any atom is 0.223 e. The third-order valence-electron chi connectivity index (χ3n) is 6.54. The molecule has 0 radical (unpaired) electrons. The van der Waals surface area contributed by atoms with E-state index in [1.165, 1.54) is 10.4 Å². The van der Waals surface area contributed by atoms with Gasteiger partial charge in [0.15, 0.2) is 0 Å². The second-order valence-corrected chi connectivity index (χ2v) is 9.79. The summed E-state index contributed by atoms with van der Waals surface area (Å²) in [7, 11) is 1.65. The highest BCUT2D eigenvalue weighted by Gasteiger charge is 2.27. The summed E-state index contributed by atoms with van der Waals surface area (Å²) in [5, 5.41) is 8.81. The van der Waals surface area contributed by atoms with Gasteiger partial charge in [-0.25, -0.2) is 14.6 Å². The lowest BCUT2D eigenvalue weighted by Gasteiger charge is -2.32. The average Bonchev–Trinajstić information content (AvgIpc) is 3.47. The number of aromatic nitrogens is 4. The summed E-state index contributed by atoms with van der Waals surface area (Å²) in [6.07, 6.45) is 5.16. The number of methoxy groups -OCH3 is 1. The lowest BCUT2D eigenvalue weighted by atomic mass is 9.95. The number of fused-ring (bicyclic) bond motifs is 1. The van der Waals surface area contributed by atoms with E-state index in [4.69, 9.17) is 4.74 Å². The van der Waals surface area contributed by atoms with Crippen LogP contribution in [0.2, 0.25) is 0 Å². The maximum atomic E-state index is 12.8. The molecule has 0 spiro atoms. The Morgan fingerprint density at radius 2 is 1.91 bits per heavy atom. The molecule has 1 aromatic carbocycles. The first-order valence-electron chi connectivity index (χ1n) is 11.5. The first kappa shape index (κ1) is 22.3. The van der Waals surface area contributed by atoms with Crippen molar-refractivity contribution in [1.29, 1.82) is 0 Å². The van der Waals surface area contributed by atoms with Gasteiger partial charge in [0.1, 0.15) is 22.7 Å². The third kappa shape index (κ3) is 4.35. The highest BCUT2D eigenvalue weighted by atomic mass is 32.1. The van der Waals surface area contributed by atoms with Crippen LogP contribution in [0.25, 0.3) is 15.9 Å². The fourth-order valence-electron chi connectivity index (χ4n) is 4.41. The molecule has 0 bridgehead atoms. The van der Waals surface area contributed by atoms with Crippen molar-refractivity contribution in [3.8, 4) is 11.4 Å². The number of nitrogens with one attached hydrogen (secondary N) is 1. The van der Waals surface area contributed by atoms with E-state index in [1.807, 2.05) is 36.5 Å². The number of rotatable bonds is 6. The van der Waals surface area contributed by atoms with Crippen molar-refractivity contribution in [2.45, 2.75) is 33.2 Å². The van der Waals surface area contributed by atoms with Crippen LogP contribution in [0.15, 0.2) is 42.9 Å². The molecular weight excluding hydrogens is 448 g/mol. The maximum absolute atomic E-state index is 12.8. The summed E-state index contributed by atoms with van der Waals surface area (Å²) >= 11 is 1.71. The summed E-state index contributed by atoms with van der Waals surface area (Å²) in [4.78, 5) is 26.5. The van der Waals surface area contributed by atoms with E-state index in [-0.39, 0.29) is 11.8 Å². The number of hydrogen-bond donors (Lipinski definition) is 1. The first-order chi connectivity index (χ1) is 16.5. The molecule has 1 aliphatic rings.